The molecular formula is C14H16N4O2. The molecule has 6 heteroatoms. The van der Waals surface area contributed by atoms with E-state index < -0.39 is 0 Å². The zero-order valence-corrected chi connectivity index (χ0v) is 11.4. The molecule has 2 aromatic heterocycles. The first-order valence-electron chi connectivity index (χ1n) is 6.47. The minimum Gasteiger partial charge on any atom is -0.439 e. The van der Waals surface area contributed by atoms with E-state index in [9.17, 15) is 4.79 Å². The highest BCUT2D eigenvalue weighted by Crippen LogP contribution is 2.18. The third-order valence-electron chi connectivity index (χ3n) is 3.19. The summed E-state index contributed by atoms with van der Waals surface area (Å²) in [6, 6.07) is 5.44. The molecule has 0 aliphatic carbocycles. The predicted molar refractivity (Wildman–Crippen MR) is 76.6 cm³/mol. The Morgan fingerprint density at radius 1 is 1.35 bits per heavy atom. The lowest BCUT2D eigenvalue weighted by Crippen LogP contribution is -2.25. The van der Waals surface area contributed by atoms with Crippen LogP contribution in [0, 0.1) is 0 Å². The fourth-order valence-corrected chi connectivity index (χ4v) is 2.14. The smallest absolute Gasteiger partial charge is 0.328 e. The van der Waals surface area contributed by atoms with E-state index in [2.05, 4.69) is 4.98 Å². The molecular weight excluding hydrogens is 256 g/mol. The van der Waals surface area contributed by atoms with Crippen molar-refractivity contribution in [2.45, 2.75) is 26.4 Å². The maximum Gasteiger partial charge on any atom is 0.328 e. The quantitative estimate of drug-likeness (QED) is 0.740. The van der Waals surface area contributed by atoms with Gasteiger partial charge >= 0.3 is 5.69 Å². The molecule has 104 valence electrons. The first-order chi connectivity index (χ1) is 9.54. The second-order valence-corrected chi connectivity index (χ2v) is 5.04. The van der Waals surface area contributed by atoms with Gasteiger partial charge in [-0.3, -0.25) is 9.13 Å². The SMILES string of the molecule is CC(C)n1ccn(Cc2nc3ccc(N)cc3o2)c1=O. The van der Waals surface area contributed by atoms with Gasteiger partial charge in [-0.25, -0.2) is 9.78 Å². The van der Waals surface area contributed by atoms with E-state index in [4.69, 9.17) is 10.2 Å². The molecule has 0 fully saturated rings. The Kier molecular flexibility index (Phi) is 2.85. The van der Waals surface area contributed by atoms with Gasteiger partial charge in [0.1, 0.15) is 12.1 Å². The van der Waals surface area contributed by atoms with Crippen molar-refractivity contribution in [3.8, 4) is 0 Å². The number of fused-ring (bicyclic) bond motifs is 1. The van der Waals surface area contributed by atoms with E-state index >= 15 is 0 Å². The summed E-state index contributed by atoms with van der Waals surface area (Å²) in [7, 11) is 0. The lowest BCUT2D eigenvalue weighted by Gasteiger charge is -2.03. The van der Waals surface area contributed by atoms with E-state index in [1.807, 2.05) is 13.8 Å². The van der Waals surface area contributed by atoms with Gasteiger partial charge in [-0.2, -0.15) is 0 Å². The number of anilines is 1. The van der Waals surface area contributed by atoms with Crippen molar-refractivity contribution in [2.75, 3.05) is 5.73 Å². The van der Waals surface area contributed by atoms with E-state index in [-0.39, 0.29) is 11.7 Å². The van der Waals surface area contributed by atoms with Crippen LogP contribution in [0.25, 0.3) is 11.1 Å². The number of oxazole rings is 1. The summed E-state index contributed by atoms with van der Waals surface area (Å²) in [4.78, 5) is 16.5. The average molecular weight is 272 g/mol. The third kappa shape index (κ3) is 2.09. The second-order valence-electron chi connectivity index (χ2n) is 5.04. The first kappa shape index (κ1) is 12.5. The van der Waals surface area contributed by atoms with Gasteiger partial charge in [-0.15, -0.1) is 0 Å². The van der Waals surface area contributed by atoms with Crippen LogP contribution in [0.15, 0.2) is 39.8 Å². The number of hydrogen-bond acceptors (Lipinski definition) is 4. The molecule has 0 saturated heterocycles. The largest absolute Gasteiger partial charge is 0.439 e. The number of aromatic nitrogens is 3. The number of rotatable bonds is 3. The number of nitrogens with zero attached hydrogens (tertiary/aromatic N) is 3. The fourth-order valence-electron chi connectivity index (χ4n) is 2.14. The van der Waals surface area contributed by atoms with Crippen LogP contribution in [0.2, 0.25) is 0 Å². The van der Waals surface area contributed by atoms with Crippen molar-refractivity contribution in [3.63, 3.8) is 0 Å². The molecule has 3 rings (SSSR count). The Labute approximate surface area is 115 Å². The monoisotopic (exact) mass is 272 g/mol. The molecule has 2 N–H and O–H groups in total. The van der Waals surface area contributed by atoms with Crippen molar-refractivity contribution in [3.05, 3.63) is 47.0 Å². The highest BCUT2D eigenvalue weighted by atomic mass is 16.3. The molecule has 6 nitrogen and oxygen atoms in total. The van der Waals surface area contributed by atoms with E-state index in [1.165, 1.54) is 0 Å². The molecule has 0 saturated carbocycles. The summed E-state index contributed by atoms with van der Waals surface area (Å²) >= 11 is 0. The minimum absolute atomic E-state index is 0.0678. The summed E-state index contributed by atoms with van der Waals surface area (Å²) in [5.74, 6) is 0.495. The predicted octanol–water partition coefficient (Wildman–Crippen LogP) is 2.00. The first-order valence-corrected chi connectivity index (χ1v) is 6.47. The second kappa shape index (κ2) is 4.56. The molecule has 0 aliphatic heterocycles. The third-order valence-corrected chi connectivity index (χ3v) is 3.19. The van der Waals surface area contributed by atoms with Crippen molar-refractivity contribution in [2.24, 2.45) is 0 Å². The minimum atomic E-state index is -0.0678. The van der Waals surface area contributed by atoms with Crippen LogP contribution >= 0.6 is 0 Å². The maximum absolute atomic E-state index is 12.1. The highest BCUT2D eigenvalue weighted by Gasteiger charge is 2.10. The Balaban J connectivity index is 1.95. The number of hydrogen-bond donors (Lipinski definition) is 1. The Morgan fingerprint density at radius 2 is 2.15 bits per heavy atom. The Morgan fingerprint density at radius 3 is 2.85 bits per heavy atom. The van der Waals surface area contributed by atoms with Gasteiger partial charge in [-0.1, -0.05) is 0 Å². The molecule has 0 atom stereocenters. The van der Waals surface area contributed by atoms with Gasteiger partial charge in [0.15, 0.2) is 5.58 Å². The zero-order valence-electron chi connectivity index (χ0n) is 11.4. The number of nitrogens with two attached hydrogens (primary N) is 1. The normalized spacial score (nSPS) is 11.6. The molecule has 0 aliphatic rings. The van der Waals surface area contributed by atoms with Crippen LogP contribution in [-0.4, -0.2) is 14.1 Å². The maximum atomic E-state index is 12.1. The summed E-state index contributed by atoms with van der Waals surface area (Å²) < 4.78 is 8.86. The molecule has 0 spiro atoms. The molecule has 2 heterocycles. The standard InChI is InChI=1S/C14H16N4O2/c1-9(2)18-6-5-17(14(18)19)8-13-16-11-4-3-10(15)7-12(11)20-13/h3-7,9H,8,15H2,1-2H3. The summed E-state index contributed by atoms with van der Waals surface area (Å²) in [6.45, 7) is 4.25. The molecule has 0 radical (unpaired) electrons. The summed E-state index contributed by atoms with van der Waals surface area (Å²) in [5, 5.41) is 0. The lowest BCUT2D eigenvalue weighted by atomic mass is 10.3. The van der Waals surface area contributed by atoms with Crippen LogP contribution in [-0.2, 0) is 6.54 Å². The molecule has 1 aromatic carbocycles. The van der Waals surface area contributed by atoms with Gasteiger partial charge in [-0.05, 0) is 26.0 Å². The lowest BCUT2D eigenvalue weighted by molar-refractivity contribution is 0.493. The number of imidazole rings is 1. The molecule has 3 aromatic rings. The van der Waals surface area contributed by atoms with E-state index in [0.29, 0.717) is 23.7 Å². The summed E-state index contributed by atoms with van der Waals surface area (Å²) in [5.41, 5.74) is 7.64. The van der Waals surface area contributed by atoms with Crippen LogP contribution in [0.1, 0.15) is 25.8 Å². The van der Waals surface area contributed by atoms with Crippen molar-refractivity contribution < 1.29 is 4.42 Å². The van der Waals surface area contributed by atoms with Crippen LogP contribution < -0.4 is 11.4 Å². The van der Waals surface area contributed by atoms with Crippen molar-refractivity contribution >= 4 is 16.8 Å². The highest BCUT2D eigenvalue weighted by molar-refractivity contribution is 5.76. The van der Waals surface area contributed by atoms with Gasteiger partial charge < -0.3 is 10.2 Å². The topological polar surface area (TPSA) is 79.0 Å². The van der Waals surface area contributed by atoms with E-state index in [0.717, 1.165) is 5.52 Å². The number of nitrogen functional groups attached to an aromatic ring is 1. The van der Waals surface area contributed by atoms with Gasteiger partial charge in [0.2, 0.25) is 5.89 Å². The zero-order chi connectivity index (χ0) is 14.3. The average Bonchev–Trinajstić information content (AvgIpc) is 2.93. The Bertz CT molecular complexity index is 810. The van der Waals surface area contributed by atoms with E-state index in [1.54, 1.807) is 39.7 Å². The Hall–Kier alpha value is -2.50. The van der Waals surface area contributed by atoms with Crippen molar-refractivity contribution in [1.29, 1.82) is 0 Å². The number of benzene rings is 1. The van der Waals surface area contributed by atoms with Gasteiger partial charge in [0, 0.05) is 30.2 Å². The van der Waals surface area contributed by atoms with Crippen LogP contribution in [0.5, 0.6) is 0 Å². The van der Waals surface area contributed by atoms with Crippen molar-refractivity contribution in [1.82, 2.24) is 14.1 Å². The van der Waals surface area contributed by atoms with Gasteiger partial charge in [0.25, 0.3) is 0 Å². The fraction of sp³-hybridized carbons (Fsp3) is 0.286. The van der Waals surface area contributed by atoms with Gasteiger partial charge in [0.05, 0.1) is 0 Å². The van der Waals surface area contributed by atoms with Crippen LogP contribution in [0.3, 0.4) is 0 Å². The molecule has 20 heavy (non-hydrogen) atoms. The van der Waals surface area contributed by atoms with Crippen LogP contribution in [0.4, 0.5) is 5.69 Å². The molecule has 0 amide bonds. The molecule has 0 bridgehead atoms. The molecule has 0 unspecified atom stereocenters. The summed E-state index contributed by atoms with van der Waals surface area (Å²) in [6.07, 6.45) is 3.51.